The Morgan fingerprint density at radius 1 is 1.50 bits per heavy atom. The van der Waals surface area contributed by atoms with Crippen molar-refractivity contribution in [2.75, 3.05) is 31.3 Å². The zero-order valence-electron chi connectivity index (χ0n) is 9.60. The molecule has 0 bridgehead atoms. The summed E-state index contributed by atoms with van der Waals surface area (Å²) in [5, 5.41) is 12.9. The van der Waals surface area contributed by atoms with Crippen molar-refractivity contribution in [3.05, 3.63) is 12.4 Å². The molecule has 4 N–H and O–H groups in total. The van der Waals surface area contributed by atoms with Gasteiger partial charge in [-0.25, -0.2) is 9.97 Å². The molecule has 0 aliphatic carbocycles. The topological polar surface area (TPSA) is 93.3 Å². The van der Waals surface area contributed by atoms with Gasteiger partial charge in [0.05, 0.1) is 23.7 Å². The molecule has 0 fully saturated rings. The van der Waals surface area contributed by atoms with Gasteiger partial charge in [-0.3, -0.25) is 0 Å². The smallest absolute Gasteiger partial charge is 0.222 e. The van der Waals surface area contributed by atoms with Gasteiger partial charge in [-0.1, -0.05) is 0 Å². The quantitative estimate of drug-likeness (QED) is 0.644. The first-order chi connectivity index (χ1) is 7.53. The molecule has 1 heterocycles. The molecule has 0 saturated carbocycles. The fourth-order valence-corrected chi connectivity index (χ4v) is 1.11. The molecule has 1 rings (SSSR count). The first-order valence-corrected chi connectivity index (χ1v) is 5.06. The summed E-state index contributed by atoms with van der Waals surface area (Å²) < 4.78 is 4.91. The molecule has 0 aromatic carbocycles. The van der Waals surface area contributed by atoms with E-state index in [1.54, 1.807) is 14.0 Å². The molecule has 90 valence electrons. The van der Waals surface area contributed by atoms with E-state index in [0.29, 0.717) is 31.2 Å². The van der Waals surface area contributed by atoms with Crippen molar-refractivity contribution in [1.29, 1.82) is 0 Å². The second-order valence-electron chi connectivity index (χ2n) is 3.93. The van der Waals surface area contributed by atoms with E-state index in [1.165, 1.54) is 12.4 Å². The van der Waals surface area contributed by atoms with Crippen molar-refractivity contribution in [3.8, 4) is 0 Å². The zero-order valence-corrected chi connectivity index (χ0v) is 9.60. The van der Waals surface area contributed by atoms with Gasteiger partial charge in [0.15, 0.2) is 0 Å². The van der Waals surface area contributed by atoms with Crippen molar-refractivity contribution < 1.29 is 9.84 Å². The number of nitrogen functional groups attached to an aromatic ring is 1. The maximum absolute atomic E-state index is 9.94. The molecule has 0 amide bonds. The van der Waals surface area contributed by atoms with Crippen LogP contribution < -0.4 is 11.1 Å². The summed E-state index contributed by atoms with van der Waals surface area (Å²) in [5.41, 5.74) is 5.12. The van der Waals surface area contributed by atoms with Gasteiger partial charge in [-0.2, -0.15) is 0 Å². The Morgan fingerprint density at radius 2 is 2.12 bits per heavy atom. The molecule has 0 aliphatic heterocycles. The monoisotopic (exact) mass is 226 g/mol. The molecule has 6 nitrogen and oxygen atoms in total. The largest absolute Gasteiger partial charge is 0.396 e. The van der Waals surface area contributed by atoms with E-state index in [4.69, 9.17) is 10.5 Å². The normalized spacial score (nSPS) is 14.4. The predicted molar refractivity (Wildman–Crippen MR) is 62.1 cm³/mol. The van der Waals surface area contributed by atoms with Gasteiger partial charge in [-0.15, -0.1) is 0 Å². The van der Waals surface area contributed by atoms with Crippen LogP contribution in [0.1, 0.15) is 13.3 Å². The third kappa shape index (κ3) is 4.41. The number of hydrogen-bond donors (Lipinski definition) is 3. The molecule has 1 atom stereocenters. The van der Waals surface area contributed by atoms with Crippen molar-refractivity contribution in [1.82, 2.24) is 9.97 Å². The van der Waals surface area contributed by atoms with E-state index in [0.717, 1.165) is 0 Å². The summed E-state index contributed by atoms with van der Waals surface area (Å²) in [4.78, 5) is 7.94. The lowest BCUT2D eigenvalue weighted by Crippen LogP contribution is -2.35. The van der Waals surface area contributed by atoms with Gasteiger partial charge in [0.25, 0.3) is 0 Å². The molecule has 16 heavy (non-hydrogen) atoms. The van der Waals surface area contributed by atoms with Gasteiger partial charge in [0.1, 0.15) is 0 Å². The average Bonchev–Trinajstić information content (AvgIpc) is 2.26. The molecule has 1 aromatic heterocycles. The summed E-state index contributed by atoms with van der Waals surface area (Å²) in [6, 6.07) is 0. The molecule has 0 radical (unpaired) electrons. The van der Waals surface area contributed by atoms with Crippen LogP contribution in [0.3, 0.4) is 0 Å². The first kappa shape index (κ1) is 12.7. The summed E-state index contributed by atoms with van der Waals surface area (Å²) in [5.74, 6) is 0.451. The second kappa shape index (κ2) is 5.62. The Balaban J connectivity index is 2.41. The van der Waals surface area contributed by atoms with E-state index in [9.17, 15) is 5.11 Å². The Hall–Kier alpha value is -1.40. The average molecular weight is 226 g/mol. The number of nitrogens with zero attached hydrogens (tertiary/aromatic N) is 2. The number of anilines is 2. The number of methoxy groups -OCH3 is 1. The molecular weight excluding hydrogens is 208 g/mol. The van der Waals surface area contributed by atoms with Gasteiger partial charge < -0.3 is 20.9 Å². The Morgan fingerprint density at radius 3 is 2.69 bits per heavy atom. The molecule has 0 spiro atoms. The Kier molecular flexibility index (Phi) is 4.45. The number of aliphatic hydroxyl groups is 1. The van der Waals surface area contributed by atoms with Gasteiger partial charge in [-0.05, 0) is 6.92 Å². The van der Waals surface area contributed by atoms with Crippen LogP contribution in [0, 0.1) is 0 Å². The van der Waals surface area contributed by atoms with Crippen LogP contribution in [0.25, 0.3) is 0 Å². The van der Waals surface area contributed by atoms with Crippen molar-refractivity contribution in [3.63, 3.8) is 0 Å². The highest BCUT2D eigenvalue weighted by molar-refractivity contribution is 5.35. The standard InChI is InChI=1S/C10H18N4O2/c1-10(15,3-4-16-2)7-14-9-12-5-8(11)6-13-9/h5-6,15H,3-4,7,11H2,1-2H3,(H,12,13,14). The summed E-state index contributed by atoms with van der Waals surface area (Å²) in [6.07, 6.45) is 3.57. The Bertz CT molecular complexity index is 313. The predicted octanol–water partition coefficient (Wildman–Crippen LogP) is 0.258. The second-order valence-corrected chi connectivity index (χ2v) is 3.93. The van der Waals surface area contributed by atoms with E-state index >= 15 is 0 Å². The maximum atomic E-state index is 9.94. The highest BCUT2D eigenvalue weighted by Crippen LogP contribution is 2.10. The summed E-state index contributed by atoms with van der Waals surface area (Å²) in [7, 11) is 1.60. The number of nitrogens with two attached hydrogens (primary N) is 1. The fraction of sp³-hybridized carbons (Fsp3) is 0.600. The van der Waals surface area contributed by atoms with E-state index < -0.39 is 5.60 Å². The minimum atomic E-state index is -0.846. The van der Waals surface area contributed by atoms with Gasteiger partial charge in [0, 0.05) is 26.7 Å². The van der Waals surface area contributed by atoms with Crippen LogP contribution in [-0.2, 0) is 4.74 Å². The highest BCUT2D eigenvalue weighted by Gasteiger charge is 2.19. The number of rotatable bonds is 6. The molecule has 1 aromatic rings. The van der Waals surface area contributed by atoms with Crippen LogP contribution in [0.15, 0.2) is 12.4 Å². The first-order valence-electron chi connectivity index (χ1n) is 5.06. The number of ether oxygens (including phenoxy) is 1. The fourth-order valence-electron chi connectivity index (χ4n) is 1.11. The summed E-state index contributed by atoms with van der Waals surface area (Å²) in [6.45, 7) is 2.61. The molecule has 1 unspecified atom stereocenters. The third-order valence-corrected chi connectivity index (χ3v) is 2.14. The maximum Gasteiger partial charge on any atom is 0.222 e. The van der Waals surface area contributed by atoms with E-state index in [-0.39, 0.29) is 0 Å². The molecule has 0 aliphatic rings. The van der Waals surface area contributed by atoms with Crippen LogP contribution in [0.5, 0.6) is 0 Å². The van der Waals surface area contributed by atoms with Crippen molar-refractivity contribution in [2.24, 2.45) is 0 Å². The lowest BCUT2D eigenvalue weighted by molar-refractivity contribution is 0.0356. The lowest BCUT2D eigenvalue weighted by atomic mass is 10.0. The lowest BCUT2D eigenvalue weighted by Gasteiger charge is -2.23. The molecule has 0 saturated heterocycles. The van der Waals surface area contributed by atoms with E-state index in [2.05, 4.69) is 15.3 Å². The minimum Gasteiger partial charge on any atom is -0.396 e. The Labute approximate surface area is 94.9 Å². The van der Waals surface area contributed by atoms with Crippen molar-refractivity contribution >= 4 is 11.6 Å². The van der Waals surface area contributed by atoms with E-state index in [1.807, 2.05) is 0 Å². The number of aromatic nitrogens is 2. The molecule has 6 heteroatoms. The number of hydrogen-bond acceptors (Lipinski definition) is 6. The van der Waals surface area contributed by atoms with Crippen LogP contribution in [-0.4, -0.2) is 40.9 Å². The summed E-state index contributed by atoms with van der Waals surface area (Å²) >= 11 is 0. The minimum absolute atomic E-state index is 0.361. The SMILES string of the molecule is COCCC(C)(O)CNc1ncc(N)cn1. The van der Waals surface area contributed by atoms with Gasteiger partial charge in [0.2, 0.25) is 5.95 Å². The molecular formula is C10H18N4O2. The van der Waals surface area contributed by atoms with Crippen LogP contribution in [0.2, 0.25) is 0 Å². The zero-order chi connectivity index (χ0) is 12.0. The highest BCUT2D eigenvalue weighted by atomic mass is 16.5. The number of nitrogens with one attached hydrogen (secondary N) is 1. The van der Waals surface area contributed by atoms with Crippen molar-refractivity contribution in [2.45, 2.75) is 18.9 Å². The third-order valence-electron chi connectivity index (χ3n) is 2.14. The van der Waals surface area contributed by atoms with Gasteiger partial charge >= 0.3 is 0 Å². The van der Waals surface area contributed by atoms with Crippen LogP contribution >= 0.6 is 0 Å². The van der Waals surface area contributed by atoms with Crippen LogP contribution in [0.4, 0.5) is 11.6 Å².